The minimum Gasteiger partial charge on any atom is -0.493 e. The monoisotopic (exact) mass is 373 g/mol. The van der Waals surface area contributed by atoms with Gasteiger partial charge in [-0.25, -0.2) is 0 Å². The SMILES string of the molecule is CCCOc1ccccc1/C=C/C(=O)N(CC(C)C(=O)OC)C1CCCC1. The number of methoxy groups -OCH3 is 1. The number of amides is 1. The second-order valence-electron chi connectivity index (χ2n) is 7.07. The summed E-state index contributed by atoms with van der Waals surface area (Å²) < 4.78 is 10.6. The average Bonchev–Trinajstić information content (AvgIpc) is 3.22. The van der Waals surface area contributed by atoms with Crippen molar-refractivity contribution in [1.82, 2.24) is 4.90 Å². The highest BCUT2D eigenvalue weighted by Crippen LogP contribution is 2.25. The topological polar surface area (TPSA) is 55.8 Å². The summed E-state index contributed by atoms with van der Waals surface area (Å²) in [6, 6.07) is 7.89. The summed E-state index contributed by atoms with van der Waals surface area (Å²) >= 11 is 0. The summed E-state index contributed by atoms with van der Waals surface area (Å²) in [4.78, 5) is 26.6. The van der Waals surface area contributed by atoms with Gasteiger partial charge in [0.2, 0.25) is 5.91 Å². The second-order valence-corrected chi connectivity index (χ2v) is 7.07. The quantitative estimate of drug-likeness (QED) is 0.484. The van der Waals surface area contributed by atoms with Crippen LogP contribution in [0.2, 0.25) is 0 Å². The lowest BCUT2D eigenvalue weighted by atomic mass is 10.1. The molecule has 0 saturated heterocycles. The van der Waals surface area contributed by atoms with E-state index in [0.29, 0.717) is 13.2 Å². The first-order valence-corrected chi connectivity index (χ1v) is 9.85. The molecule has 1 aromatic carbocycles. The molecule has 0 aliphatic heterocycles. The molecule has 5 nitrogen and oxygen atoms in total. The van der Waals surface area contributed by atoms with E-state index in [9.17, 15) is 9.59 Å². The predicted octanol–water partition coefficient (Wildman–Crippen LogP) is 4.07. The summed E-state index contributed by atoms with van der Waals surface area (Å²) in [6.45, 7) is 4.89. The van der Waals surface area contributed by atoms with Crippen LogP contribution in [0.25, 0.3) is 6.08 Å². The van der Waals surface area contributed by atoms with Gasteiger partial charge in [0.05, 0.1) is 19.6 Å². The molecule has 1 aliphatic carbocycles. The highest BCUT2D eigenvalue weighted by molar-refractivity contribution is 5.92. The zero-order valence-corrected chi connectivity index (χ0v) is 16.6. The van der Waals surface area contributed by atoms with Crippen LogP contribution in [0.1, 0.15) is 51.5 Å². The van der Waals surface area contributed by atoms with Crippen LogP contribution in [0.4, 0.5) is 0 Å². The molecule has 0 heterocycles. The Bertz CT molecular complexity index is 649. The van der Waals surface area contributed by atoms with E-state index in [1.807, 2.05) is 29.2 Å². The Labute approximate surface area is 162 Å². The van der Waals surface area contributed by atoms with Gasteiger partial charge in [0.25, 0.3) is 0 Å². The number of para-hydroxylation sites is 1. The lowest BCUT2D eigenvalue weighted by molar-refractivity contribution is -0.146. The van der Waals surface area contributed by atoms with E-state index >= 15 is 0 Å². The second kappa shape index (κ2) is 10.8. The van der Waals surface area contributed by atoms with Crippen LogP contribution in [-0.4, -0.2) is 43.1 Å². The first kappa shape index (κ1) is 21.0. The summed E-state index contributed by atoms with van der Waals surface area (Å²) in [7, 11) is 1.38. The summed E-state index contributed by atoms with van der Waals surface area (Å²) in [5.41, 5.74) is 0.881. The summed E-state index contributed by atoms with van der Waals surface area (Å²) in [5, 5.41) is 0. The highest BCUT2D eigenvalue weighted by atomic mass is 16.5. The van der Waals surface area contributed by atoms with Gasteiger partial charge >= 0.3 is 5.97 Å². The molecule has 2 rings (SSSR count). The van der Waals surface area contributed by atoms with Gasteiger partial charge in [0.15, 0.2) is 0 Å². The molecule has 148 valence electrons. The first-order valence-electron chi connectivity index (χ1n) is 9.85. The van der Waals surface area contributed by atoms with Crippen molar-refractivity contribution in [1.29, 1.82) is 0 Å². The van der Waals surface area contributed by atoms with E-state index in [4.69, 9.17) is 9.47 Å². The minimum absolute atomic E-state index is 0.0667. The molecule has 0 spiro atoms. The fourth-order valence-corrected chi connectivity index (χ4v) is 3.42. The molecule has 0 radical (unpaired) electrons. The van der Waals surface area contributed by atoms with Crippen LogP contribution in [0.15, 0.2) is 30.3 Å². The van der Waals surface area contributed by atoms with Crippen molar-refractivity contribution in [2.24, 2.45) is 5.92 Å². The maximum atomic E-state index is 12.9. The van der Waals surface area contributed by atoms with E-state index in [1.165, 1.54) is 7.11 Å². The molecule has 27 heavy (non-hydrogen) atoms. The molecule has 5 heteroatoms. The molecule has 1 atom stereocenters. The molecule has 1 fully saturated rings. The molecule has 1 saturated carbocycles. The maximum absolute atomic E-state index is 12.9. The third-order valence-corrected chi connectivity index (χ3v) is 4.91. The molecule has 1 aliphatic rings. The van der Waals surface area contributed by atoms with Crippen molar-refractivity contribution in [3.63, 3.8) is 0 Å². The van der Waals surface area contributed by atoms with E-state index in [0.717, 1.165) is 43.4 Å². The third-order valence-electron chi connectivity index (χ3n) is 4.91. The molecular weight excluding hydrogens is 342 g/mol. The van der Waals surface area contributed by atoms with E-state index in [2.05, 4.69) is 6.92 Å². The van der Waals surface area contributed by atoms with Crippen molar-refractivity contribution in [2.75, 3.05) is 20.3 Å². The van der Waals surface area contributed by atoms with E-state index in [-0.39, 0.29) is 23.8 Å². The molecule has 0 N–H and O–H groups in total. The molecule has 1 amide bonds. The Morgan fingerprint density at radius 3 is 2.63 bits per heavy atom. The number of ether oxygens (including phenoxy) is 2. The number of carbonyl (C=O) groups excluding carboxylic acids is 2. The van der Waals surface area contributed by atoms with Gasteiger partial charge in [-0.2, -0.15) is 0 Å². The Hall–Kier alpha value is -2.30. The Morgan fingerprint density at radius 2 is 1.96 bits per heavy atom. The largest absolute Gasteiger partial charge is 0.493 e. The maximum Gasteiger partial charge on any atom is 0.310 e. The van der Waals surface area contributed by atoms with Crippen molar-refractivity contribution < 1.29 is 19.1 Å². The average molecular weight is 373 g/mol. The Morgan fingerprint density at radius 1 is 1.26 bits per heavy atom. The third kappa shape index (κ3) is 6.12. The zero-order valence-electron chi connectivity index (χ0n) is 16.6. The van der Waals surface area contributed by atoms with Gasteiger partial charge < -0.3 is 14.4 Å². The van der Waals surface area contributed by atoms with Crippen molar-refractivity contribution in [2.45, 2.75) is 52.0 Å². The minimum atomic E-state index is -0.340. The van der Waals surface area contributed by atoms with Crippen LogP contribution in [0.3, 0.4) is 0 Å². The number of hydrogen-bond acceptors (Lipinski definition) is 4. The summed E-state index contributed by atoms with van der Waals surface area (Å²) in [5.74, 6) is 0.0860. The van der Waals surface area contributed by atoms with Crippen LogP contribution in [0.5, 0.6) is 5.75 Å². The van der Waals surface area contributed by atoms with Gasteiger partial charge in [-0.1, -0.05) is 44.9 Å². The number of benzene rings is 1. The smallest absolute Gasteiger partial charge is 0.310 e. The van der Waals surface area contributed by atoms with Gasteiger partial charge in [-0.15, -0.1) is 0 Å². The van der Waals surface area contributed by atoms with E-state index in [1.54, 1.807) is 19.1 Å². The number of esters is 1. The lowest BCUT2D eigenvalue weighted by Gasteiger charge is -2.30. The molecular formula is C22H31NO4. The first-order chi connectivity index (χ1) is 13.1. The summed E-state index contributed by atoms with van der Waals surface area (Å²) in [6.07, 6.45) is 8.55. The van der Waals surface area contributed by atoms with Gasteiger partial charge in [0, 0.05) is 24.2 Å². The van der Waals surface area contributed by atoms with Gasteiger partial charge in [0.1, 0.15) is 5.75 Å². The van der Waals surface area contributed by atoms with Crippen LogP contribution in [-0.2, 0) is 14.3 Å². The van der Waals surface area contributed by atoms with Crippen molar-refractivity contribution >= 4 is 18.0 Å². The predicted molar refractivity (Wildman–Crippen MR) is 106 cm³/mol. The lowest BCUT2D eigenvalue weighted by Crippen LogP contribution is -2.42. The zero-order chi connectivity index (χ0) is 19.6. The van der Waals surface area contributed by atoms with Crippen LogP contribution < -0.4 is 4.74 Å². The van der Waals surface area contributed by atoms with Gasteiger partial charge in [-0.3, -0.25) is 9.59 Å². The van der Waals surface area contributed by atoms with Crippen molar-refractivity contribution in [3.05, 3.63) is 35.9 Å². The van der Waals surface area contributed by atoms with Crippen LogP contribution >= 0.6 is 0 Å². The fraction of sp³-hybridized carbons (Fsp3) is 0.545. The number of hydrogen-bond donors (Lipinski definition) is 0. The fourth-order valence-electron chi connectivity index (χ4n) is 3.42. The normalized spacial score (nSPS) is 15.7. The van der Waals surface area contributed by atoms with Gasteiger partial charge in [-0.05, 0) is 31.4 Å². The molecule has 0 aromatic heterocycles. The van der Waals surface area contributed by atoms with Crippen LogP contribution in [0, 0.1) is 5.92 Å². The molecule has 0 bridgehead atoms. The molecule has 1 unspecified atom stereocenters. The van der Waals surface area contributed by atoms with E-state index < -0.39 is 0 Å². The van der Waals surface area contributed by atoms with Crippen molar-refractivity contribution in [3.8, 4) is 5.75 Å². The number of nitrogens with zero attached hydrogens (tertiary/aromatic N) is 1. The number of rotatable bonds is 9. The number of carbonyl (C=O) groups is 2. The standard InChI is InChI=1S/C22H31NO4/c1-4-15-27-20-12-8-5-9-18(20)13-14-21(24)23(19-10-6-7-11-19)16-17(2)22(25)26-3/h5,8-9,12-14,17,19H,4,6-7,10-11,15-16H2,1-3H3/b14-13+. The molecule has 1 aromatic rings. The Kier molecular flexibility index (Phi) is 8.37. The highest BCUT2D eigenvalue weighted by Gasteiger charge is 2.28. The Balaban J connectivity index is 2.13.